The van der Waals surface area contributed by atoms with E-state index in [1.165, 1.54) is 18.5 Å². The van der Waals surface area contributed by atoms with Gasteiger partial charge in [0.25, 0.3) is 0 Å². The van der Waals surface area contributed by atoms with Crippen LogP contribution in [0, 0.1) is 0 Å². The zero-order valence-electron chi connectivity index (χ0n) is 7.99. The van der Waals surface area contributed by atoms with Crippen LogP contribution in [0.4, 0.5) is 4.39 Å². The molecule has 1 saturated carbocycles. The highest BCUT2D eigenvalue weighted by molar-refractivity contribution is 5.65. The number of fused-ring (bicyclic) bond motifs is 1. The summed E-state index contributed by atoms with van der Waals surface area (Å²) < 4.78 is 13.1. The molecule has 0 radical (unpaired) electrons. The molecule has 2 aliphatic carbocycles. The molecule has 1 fully saturated rings. The molecule has 0 aromatic rings. The van der Waals surface area contributed by atoms with E-state index >= 15 is 0 Å². The molecule has 1 unspecified atom stereocenters. The quantitative estimate of drug-likeness (QED) is 0.620. The van der Waals surface area contributed by atoms with Crippen LogP contribution in [-0.4, -0.2) is 30.0 Å². The van der Waals surface area contributed by atoms with Gasteiger partial charge in [-0.25, -0.2) is 4.39 Å². The van der Waals surface area contributed by atoms with Crippen molar-refractivity contribution in [3.05, 3.63) is 23.4 Å². The zero-order chi connectivity index (χ0) is 9.54. The van der Waals surface area contributed by atoms with E-state index in [0.29, 0.717) is 19.0 Å². The van der Waals surface area contributed by atoms with Crippen molar-refractivity contribution < 1.29 is 4.39 Å². The summed E-state index contributed by atoms with van der Waals surface area (Å²) in [7, 11) is 0. The van der Waals surface area contributed by atoms with E-state index < -0.39 is 6.17 Å². The highest BCUT2D eigenvalue weighted by Crippen LogP contribution is 2.35. The average Bonchev–Trinajstić information content (AvgIpc) is 2.99. The number of aliphatic imine (C=N–C) groups is 1. The van der Waals surface area contributed by atoms with Crippen LogP contribution >= 0.6 is 0 Å². The van der Waals surface area contributed by atoms with E-state index in [0.717, 1.165) is 5.57 Å². The normalized spacial score (nSPS) is 30.9. The number of hydrogen-bond acceptors (Lipinski definition) is 2. The molecule has 3 rings (SSSR count). The molecule has 0 amide bonds. The molecule has 1 aliphatic heterocycles. The molecule has 0 bridgehead atoms. The minimum absolute atomic E-state index is 0.524. The predicted molar refractivity (Wildman–Crippen MR) is 53.9 cm³/mol. The molecule has 0 spiro atoms. The number of allylic oxidation sites excluding steroid dienone is 2. The maximum atomic E-state index is 13.1. The van der Waals surface area contributed by atoms with Crippen molar-refractivity contribution in [3.63, 3.8) is 0 Å². The maximum absolute atomic E-state index is 13.1. The minimum Gasteiger partial charge on any atom is -0.330 e. The Morgan fingerprint density at radius 1 is 1.43 bits per heavy atom. The molecule has 74 valence electrons. The van der Waals surface area contributed by atoms with Crippen LogP contribution < -0.4 is 0 Å². The van der Waals surface area contributed by atoms with E-state index in [2.05, 4.69) is 9.89 Å². The lowest BCUT2D eigenvalue weighted by Crippen LogP contribution is -2.30. The minimum atomic E-state index is -0.803. The van der Waals surface area contributed by atoms with Gasteiger partial charge in [-0.3, -0.25) is 4.99 Å². The van der Waals surface area contributed by atoms with E-state index in [4.69, 9.17) is 0 Å². The van der Waals surface area contributed by atoms with Crippen LogP contribution in [0.3, 0.4) is 0 Å². The Kier molecular flexibility index (Phi) is 1.72. The lowest BCUT2D eigenvalue weighted by molar-refractivity contribution is 0.388. The summed E-state index contributed by atoms with van der Waals surface area (Å²) in [4.78, 5) is 6.47. The lowest BCUT2D eigenvalue weighted by Gasteiger charge is -2.30. The van der Waals surface area contributed by atoms with Crippen molar-refractivity contribution >= 4 is 6.34 Å². The fraction of sp³-hybridized carbons (Fsp3) is 0.545. The highest BCUT2D eigenvalue weighted by atomic mass is 19.1. The number of hydrogen-bond donors (Lipinski definition) is 0. The molecule has 0 N–H and O–H groups in total. The smallest absolute Gasteiger partial charge is 0.122 e. The topological polar surface area (TPSA) is 15.6 Å². The Morgan fingerprint density at radius 2 is 2.29 bits per heavy atom. The third-order valence-corrected chi connectivity index (χ3v) is 2.93. The summed E-state index contributed by atoms with van der Waals surface area (Å²) in [5.74, 6) is 0. The summed E-state index contributed by atoms with van der Waals surface area (Å²) in [6, 6.07) is 0.630. The van der Waals surface area contributed by atoms with Crippen molar-refractivity contribution in [2.75, 3.05) is 6.54 Å². The molecular formula is C11H13FN2. The number of alkyl halides is 1. The molecule has 0 saturated heterocycles. The second-order valence-corrected chi connectivity index (χ2v) is 4.13. The fourth-order valence-corrected chi connectivity index (χ4v) is 2.06. The van der Waals surface area contributed by atoms with Crippen LogP contribution in [0.2, 0.25) is 0 Å². The van der Waals surface area contributed by atoms with E-state index in [1.807, 2.05) is 12.4 Å². The van der Waals surface area contributed by atoms with Crippen molar-refractivity contribution in [2.24, 2.45) is 4.99 Å². The molecule has 3 heteroatoms. The molecule has 2 nitrogen and oxygen atoms in total. The van der Waals surface area contributed by atoms with Crippen molar-refractivity contribution in [2.45, 2.75) is 31.5 Å². The van der Waals surface area contributed by atoms with Gasteiger partial charge in [-0.2, -0.15) is 0 Å². The van der Waals surface area contributed by atoms with Gasteiger partial charge in [-0.1, -0.05) is 6.08 Å². The Bertz CT molecular complexity index is 339. The van der Waals surface area contributed by atoms with Gasteiger partial charge in [0.15, 0.2) is 0 Å². The van der Waals surface area contributed by atoms with Gasteiger partial charge >= 0.3 is 0 Å². The van der Waals surface area contributed by atoms with Gasteiger partial charge < -0.3 is 4.90 Å². The van der Waals surface area contributed by atoms with E-state index in [9.17, 15) is 4.39 Å². The largest absolute Gasteiger partial charge is 0.330 e. The first-order valence-corrected chi connectivity index (χ1v) is 5.18. The predicted octanol–water partition coefficient (Wildman–Crippen LogP) is 2.04. The van der Waals surface area contributed by atoms with E-state index in [-0.39, 0.29) is 0 Å². The van der Waals surface area contributed by atoms with Gasteiger partial charge in [0.05, 0.1) is 12.9 Å². The zero-order valence-corrected chi connectivity index (χ0v) is 7.99. The molecule has 0 aromatic heterocycles. The first-order chi connectivity index (χ1) is 6.84. The number of rotatable bonds is 1. The molecule has 0 aromatic carbocycles. The highest BCUT2D eigenvalue weighted by Gasteiger charge is 2.33. The summed E-state index contributed by atoms with van der Waals surface area (Å²) in [5.41, 5.74) is 2.27. The SMILES string of the molecule is FC1C=C2CN=CN(C3CC3)C2=CC1. The summed E-state index contributed by atoms with van der Waals surface area (Å²) in [5, 5.41) is 0. The molecule has 1 atom stereocenters. The Balaban J connectivity index is 1.93. The average molecular weight is 192 g/mol. The standard InChI is InChI=1S/C11H13FN2/c12-9-1-4-11-8(5-9)6-13-7-14(11)10-2-3-10/h4-5,7,9-10H,1-3,6H2. The second-order valence-electron chi connectivity index (χ2n) is 4.13. The fourth-order valence-electron chi connectivity index (χ4n) is 2.06. The van der Waals surface area contributed by atoms with Crippen LogP contribution in [0.1, 0.15) is 19.3 Å². The van der Waals surface area contributed by atoms with Crippen LogP contribution in [0.5, 0.6) is 0 Å². The van der Waals surface area contributed by atoms with Gasteiger partial charge in [0, 0.05) is 18.2 Å². The molecule has 1 heterocycles. The van der Waals surface area contributed by atoms with Gasteiger partial charge in [-0.15, -0.1) is 0 Å². The van der Waals surface area contributed by atoms with Gasteiger partial charge in [-0.05, 0) is 24.5 Å². The Morgan fingerprint density at radius 3 is 3.07 bits per heavy atom. The number of nitrogens with zero attached hydrogens (tertiary/aromatic N) is 2. The van der Waals surface area contributed by atoms with Gasteiger partial charge in [0.1, 0.15) is 6.17 Å². The van der Waals surface area contributed by atoms with Crippen molar-refractivity contribution in [3.8, 4) is 0 Å². The molecule has 14 heavy (non-hydrogen) atoms. The van der Waals surface area contributed by atoms with Crippen LogP contribution in [0.15, 0.2) is 28.4 Å². The summed E-state index contributed by atoms with van der Waals surface area (Å²) in [6.07, 6.45) is 7.87. The van der Waals surface area contributed by atoms with Crippen molar-refractivity contribution in [1.82, 2.24) is 4.90 Å². The monoisotopic (exact) mass is 192 g/mol. The van der Waals surface area contributed by atoms with Crippen LogP contribution in [-0.2, 0) is 0 Å². The Hall–Kier alpha value is -1.12. The second kappa shape index (κ2) is 2.94. The first kappa shape index (κ1) is 8.21. The van der Waals surface area contributed by atoms with Crippen molar-refractivity contribution in [1.29, 1.82) is 0 Å². The Labute approximate surface area is 82.8 Å². The molecule has 3 aliphatic rings. The third-order valence-electron chi connectivity index (χ3n) is 2.93. The maximum Gasteiger partial charge on any atom is 0.122 e. The van der Waals surface area contributed by atoms with Gasteiger partial charge in [0.2, 0.25) is 0 Å². The first-order valence-electron chi connectivity index (χ1n) is 5.18. The third kappa shape index (κ3) is 1.27. The summed E-state index contributed by atoms with van der Waals surface area (Å²) in [6.45, 7) is 0.648. The van der Waals surface area contributed by atoms with Crippen LogP contribution in [0.25, 0.3) is 0 Å². The van der Waals surface area contributed by atoms with E-state index in [1.54, 1.807) is 6.08 Å². The summed E-state index contributed by atoms with van der Waals surface area (Å²) >= 11 is 0. The lowest BCUT2D eigenvalue weighted by atomic mass is 10.00. The number of halogens is 1. The molecular weight excluding hydrogens is 179 g/mol.